The number of fused-ring (bicyclic) bond motifs is 2. The minimum absolute atomic E-state index is 0.0659. The molecule has 0 radical (unpaired) electrons. The van der Waals surface area contributed by atoms with E-state index in [9.17, 15) is 10.1 Å². The van der Waals surface area contributed by atoms with Gasteiger partial charge in [0.05, 0.1) is 25.4 Å². The minimum Gasteiger partial charge on any atom is -0.375 e. The van der Waals surface area contributed by atoms with E-state index in [0.29, 0.717) is 15.8 Å². The molecule has 0 fully saturated rings. The molecule has 24 heavy (non-hydrogen) atoms. The molecule has 122 valence electrons. The molecule has 0 aliphatic heterocycles. The number of thiazole rings is 2. The van der Waals surface area contributed by atoms with Gasteiger partial charge in [-0.3, -0.25) is 10.1 Å². The third kappa shape index (κ3) is 3.26. The van der Waals surface area contributed by atoms with Gasteiger partial charge in [-0.15, -0.1) is 0 Å². The van der Waals surface area contributed by atoms with E-state index in [1.165, 1.54) is 45.1 Å². The molecule has 4 aromatic rings. The van der Waals surface area contributed by atoms with E-state index >= 15 is 0 Å². The fourth-order valence-electron chi connectivity index (χ4n) is 2.15. The van der Waals surface area contributed by atoms with E-state index in [1.807, 2.05) is 25.1 Å². The van der Waals surface area contributed by atoms with E-state index in [2.05, 4.69) is 9.97 Å². The molecule has 0 bridgehead atoms. The summed E-state index contributed by atoms with van der Waals surface area (Å²) in [7, 11) is 0. The molecule has 0 atom stereocenters. The summed E-state index contributed by atoms with van der Waals surface area (Å²) in [5, 5.41) is 11.5. The number of rotatable bonds is 1. The zero-order chi connectivity index (χ0) is 17.3. The molecule has 0 amide bonds. The van der Waals surface area contributed by atoms with E-state index in [1.54, 1.807) is 6.07 Å². The average molecular weight is 359 g/mol. The fraction of sp³-hybridized carbons (Fsp3) is 0.0667. The summed E-state index contributed by atoms with van der Waals surface area (Å²) in [6.07, 6.45) is 0. The Kier molecular flexibility index (Phi) is 4.28. The lowest BCUT2D eigenvalue weighted by Crippen LogP contribution is -1.85. The molecule has 0 saturated carbocycles. The van der Waals surface area contributed by atoms with Crippen molar-refractivity contribution in [2.75, 3.05) is 11.5 Å². The zero-order valence-corrected chi connectivity index (χ0v) is 14.2. The second-order valence-corrected chi connectivity index (χ2v) is 7.06. The molecule has 2 aromatic heterocycles. The van der Waals surface area contributed by atoms with Crippen molar-refractivity contribution in [3.8, 4) is 0 Å². The first kappa shape index (κ1) is 16.1. The van der Waals surface area contributed by atoms with Gasteiger partial charge in [0, 0.05) is 12.1 Å². The van der Waals surface area contributed by atoms with Crippen molar-refractivity contribution in [2.24, 2.45) is 0 Å². The third-order valence-electron chi connectivity index (χ3n) is 3.24. The number of aryl methyl sites for hydroxylation is 1. The van der Waals surface area contributed by atoms with E-state index in [-0.39, 0.29) is 5.69 Å². The topological polar surface area (TPSA) is 121 Å². The first-order valence-corrected chi connectivity index (χ1v) is 8.49. The van der Waals surface area contributed by atoms with Gasteiger partial charge in [0.15, 0.2) is 10.3 Å². The third-order valence-corrected chi connectivity index (χ3v) is 4.93. The zero-order valence-electron chi connectivity index (χ0n) is 12.6. The lowest BCUT2D eigenvalue weighted by molar-refractivity contribution is -0.384. The molecule has 2 heterocycles. The predicted octanol–water partition coefficient (Wildman–Crippen LogP) is 3.97. The van der Waals surface area contributed by atoms with Crippen molar-refractivity contribution >= 4 is 59.1 Å². The highest BCUT2D eigenvalue weighted by atomic mass is 32.1. The Balaban J connectivity index is 0.000000143. The van der Waals surface area contributed by atoms with Crippen LogP contribution in [0, 0.1) is 17.0 Å². The van der Waals surface area contributed by atoms with Crippen LogP contribution in [-0.2, 0) is 0 Å². The highest BCUT2D eigenvalue weighted by molar-refractivity contribution is 7.22. The van der Waals surface area contributed by atoms with Crippen molar-refractivity contribution in [3.63, 3.8) is 0 Å². The quantitative estimate of drug-likeness (QED) is 0.392. The van der Waals surface area contributed by atoms with Gasteiger partial charge in [-0.2, -0.15) is 0 Å². The van der Waals surface area contributed by atoms with Crippen LogP contribution in [0.5, 0.6) is 0 Å². The standard InChI is InChI=1S/C8H8N2S.C7H5N3O2S/c1-5-3-2-4-6-7(5)10-8(9)11-6;8-7-9-5-2-1-4(10(11)12)3-6(5)13-7/h2-4H,1H3,(H2,9,10);1-3H,(H2,8,9). The van der Waals surface area contributed by atoms with Crippen molar-refractivity contribution in [2.45, 2.75) is 6.92 Å². The van der Waals surface area contributed by atoms with Crippen LogP contribution in [0.4, 0.5) is 16.0 Å². The van der Waals surface area contributed by atoms with Crippen molar-refractivity contribution in [1.82, 2.24) is 9.97 Å². The summed E-state index contributed by atoms with van der Waals surface area (Å²) in [5.74, 6) is 0. The molecule has 0 spiro atoms. The van der Waals surface area contributed by atoms with Gasteiger partial charge < -0.3 is 11.5 Å². The number of para-hydroxylation sites is 1. The van der Waals surface area contributed by atoms with Gasteiger partial charge in [0.25, 0.3) is 5.69 Å². The number of nitrogen functional groups attached to an aromatic ring is 2. The number of aromatic nitrogens is 2. The highest BCUT2D eigenvalue weighted by Gasteiger charge is 2.08. The molecule has 0 aliphatic carbocycles. The van der Waals surface area contributed by atoms with Crippen LogP contribution < -0.4 is 11.5 Å². The molecule has 9 heteroatoms. The lowest BCUT2D eigenvalue weighted by Gasteiger charge is -1.89. The molecular weight excluding hydrogens is 346 g/mol. The van der Waals surface area contributed by atoms with Crippen LogP contribution in [0.3, 0.4) is 0 Å². The predicted molar refractivity (Wildman–Crippen MR) is 99.5 cm³/mol. The summed E-state index contributed by atoms with van der Waals surface area (Å²) in [6, 6.07) is 10.6. The maximum absolute atomic E-state index is 10.4. The van der Waals surface area contributed by atoms with Crippen LogP contribution in [0.2, 0.25) is 0 Å². The normalized spacial score (nSPS) is 10.5. The second kappa shape index (κ2) is 6.38. The van der Waals surface area contributed by atoms with Crippen LogP contribution >= 0.6 is 22.7 Å². The molecule has 7 nitrogen and oxygen atoms in total. The Morgan fingerprint density at radius 3 is 2.46 bits per heavy atom. The molecule has 0 saturated heterocycles. The first-order valence-electron chi connectivity index (χ1n) is 6.86. The summed E-state index contributed by atoms with van der Waals surface area (Å²) >= 11 is 2.78. The minimum atomic E-state index is -0.435. The maximum Gasteiger partial charge on any atom is 0.270 e. The maximum atomic E-state index is 10.4. The van der Waals surface area contributed by atoms with Crippen LogP contribution in [-0.4, -0.2) is 14.9 Å². The van der Waals surface area contributed by atoms with Crippen LogP contribution in [0.15, 0.2) is 36.4 Å². The van der Waals surface area contributed by atoms with Gasteiger partial charge in [-0.05, 0) is 24.6 Å². The second-order valence-electron chi connectivity index (χ2n) is 4.93. The number of nitro groups is 1. The molecule has 4 N–H and O–H groups in total. The number of hydrogen-bond donors (Lipinski definition) is 2. The summed E-state index contributed by atoms with van der Waals surface area (Å²) in [4.78, 5) is 18.2. The number of benzene rings is 2. The number of anilines is 2. The smallest absolute Gasteiger partial charge is 0.270 e. The highest BCUT2D eigenvalue weighted by Crippen LogP contribution is 2.27. The monoisotopic (exact) mass is 359 g/mol. The fourth-order valence-corrected chi connectivity index (χ4v) is 3.73. The molecule has 2 aromatic carbocycles. The molecule has 0 unspecified atom stereocenters. The Bertz CT molecular complexity index is 1040. The number of nitrogens with zero attached hydrogens (tertiary/aromatic N) is 3. The van der Waals surface area contributed by atoms with E-state index in [4.69, 9.17) is 11.5 Å². The van der Waals surface area contributed by atoms with E-state index < -0.39 is 4.92 Å². The van der Waals surface area contributed by atoms with Crippen molar-refractivity contribution in [1.29, 1.82) is 0 Å². The largest absolute Gasteiger partial charge is 0.375 e. The van der Waals surface area contributed by atoms with Gasteiger partial charge >= 0.3 is 0 Å². The van der Waals surface area contributed by atoms with Gasteiger partial charge in [0.2, 0.25) is 0 Å². The number of nitrogens with two attached hydrogens (primary N) is 2. The van der Waals surface area contributed by atoms with Crippen LogP contribution in [0.25, 0.3) is 20.4 Å². The molecule has 4 rings (SSSR count). The van der Waals surface area contributed by atoms with Crippen molar-refractivity contribution in [3.05, 3.63) is 52.1 Å². The lowest BCUT2D eigenvalue weighted by atomic mass is 10.2. The Morgan fingerprint density at radius 2 is 1.75 bits per heavy atom. The Labute approximate surface area is 144 Å². The van der Waals surface area contributed by atoms with Crippen LogP contribution in [0.1, 0.15) is 5.56 Å². The number of non-ortho nitro benzene ring substituents is 1. The van der Waals surface area contributed by atoms with Gasteiger partial charge in [-0.1, -0.05) is 34.8 Å². The van der Waals surface area contributed by atoms with Gasteiger partial charge in [-0.25, -0.2) is 9.97 Å². The Hall–Kier alpha value is -2.78. The summed E-state index contributed by atoms with van der Waals surface area (Å²) in [5.41, 5.74) is 14.0. The average Bonchev–Trinajstić information content (AvgIpc) is 3.08. The van der Waals surface area contributed by atoms with Gasteiger partial charge in [0.1, 0.15) is 0 Å². The Morgan fingerprint density at radius 1 is 1.04 bits per heavy atom. The molecule has 0 aliphatic rings. The SMILES string of the molecule is Cc1cccc2sc(N)nc12.Nc1nc2ccc([N+](=O)[O-])cc2s1. The first-order chi connectivity index (χ1) is 11.4. The summed E-state index contributed by atoms with van der Waals surface area (Å²) in [6.45, 7) is 2.04. The number of nitro benzene ring substituents is 1. The van der Waals surface area contributed by atoms with Crippen molar-refractivity contribution < 1.29 is 4.92 Å². The molecular formula is C15H13N5O2S2. The van der Waals surface area contributed by atoms with E-state index in [0.717, 1.165) is 10.2 Å². The summed E-state index contributed by atoms with van der Waals surface area (Å²) < 4.78 is 1.91. The number of hydrogen-bond acceptors (Lipinski definition) is 8.